The van der Waals surface area contributed by atoms with Crippen molar-refractivity contribution in [2.75, 3.05) is 12.8 Å². The molecule has 0 spiro atoms. The van der Waals surface area contributed by atoms with Crippen LogP contribution in [0, 0.1) is 5.41 Å². The van der Waals surface area contributed by atoms with Gasteiger partial charge < -0.3 is 5.11 Å². The van der Waals surface area contributed by atoms with E-state index in [4.69, 9.17) is 5.11 Å². The standard InChI is InChI=1S/C16H23NO4S/c1-16(2,15(18)19)10-11-22(20,21)17(3)14-9-8-12-6-4-5-7-13(12)14/h4-7,14H,8-11H2,1-3H3,(H,18,19). The first-order valence-corrected chi connectivity index (χ1v) is 9.03. The minimum atomic E-state index is -3.48. The fourth-order valence-corrected chi connectivity index (χ4v) is 4.40. The molecule has 1 aromatic rings. The summed E-state index contributed by atoms with van der Waals surface area (Å²) in [6, 6.07) is 7.74. The summed E-state index contributed by atoms with van der Waals surface area (Å²) < 4.78 is 26.5. The lowest BCUT2D eigenvalue weighted by molar-refractivity contribution is -0.146. The maximum Gasteiger partial charge on any atom is 0.309 e. The van der Waals surface area contributed by atoms with Crippen molar-refractivity contribution in [2.24, 2.45) is 5.41 Å². The van der Waals surface area contributed by atoms with Crippen LogP contribution in [0.25, 0.3) is 0 Å². The first-order chi connectivity index (χ1) is 10.1. The van der Waals surface area contributed by atoms with Crippen LogP contribution < -0.4 is 0 Å². The van der Waals surface area contributed by atoms with Crippen LogP contribution in [0.3, 0.4) is 0 Å². The Balaban J connectivity index is 2.12. The summed E-state index contributed by atoms with van der Waals surface area (Å²) in [7, 11) is -1.89. The summed E-state index contributed by atoms with van der Waals surface area (Å²) in [4.78, 5) is 11.1. The predicted octanol–water partition coefficient (Wildman–Crippen LogP) is 2.44. The summed E-state index contributed by atoms with van der Waals surface area (Å²) in [6.45, 7) is 3.10. The molecule has 122 valence electrons. The van der Waals surface area contributed by atoms with Gasteiger partial charge in [0.25, 0.3) is 0 Å². The van der Waals surface area contributed by atoms with Crippen LogP contribution in [-0.2, 0) is 21.2 Å². The van der Waals surface area contributed by atoms with E-state index in [0.29, 0.717) is 0 Å². The molecule has 0 fully saturated rings. The third-order valence-corrected chi connectivity index (χ3v) is 6.39. The Labute approximate surface area is 132 Å². The first-order valence-electron chi connectivity index (χ1n) is 7.42. The second-order valence-electron chi connectivity index (χ2n) is 6.52. The van der Waals surface area contributed by atoms with Gasteiger partial charge in [0.05, 0.1) is 11.2 Å². The molecule has 5 nitrogen and oxygen atoms in total. The molecule has 1 N–H and O–H groups in total. The Kier molecular flexibility index (Phi) is 4.63. The van der Waals surface area contributed by atoms with Gasteiger partial charge in [0.15, 0.2) is 0 Å². The Morgan fingerprint density at radius 2 is 2.00 bits per heavy atom. The molecule has 6 heteroatoms. The van der Waals surface area contributed by atoms with E-state index in [1.165, 1.54) is 9.87 Å². The van der Waals surface area contributed by atoms with Gasteiger partial charge >= 0.3 is 5.97 Å². The Morgan fingerprint density at radius 1 is 1.36 bits per heavy atom. The number of rotatable bonds is 6. The molecule has 1 unspecified atom stereocenters. The summed E-state index contributed by atoms with van der Waals surface area (Å²) >= 11 is 0. The molecular formula is C16H23NO4S. The minimum absolute atomic E-state index is 0.101. The molecule has 0 radical (unpaired) electrons. The first kappa shape index (κ1) is 17.0. The van der Waals surface area contributed by atoms with Crippen molar-refractivity contribution in [3.05, 3.63) is 35.4 Å². The molecule has 0 amide bonds. The Morgan fingerprint density at radius 3 is 2.64 bits per heavy atom. The fraction of sp³-hybridized carbons (Fsp3) is 0.562. The number of sulfonamides is 1. The van der Waals surface area contributed by atoms with E-state index in [0.717, 1.165) is 18.4 Å². The van der Waals surface area contributed by atoms with Gasteiger partial charge in [-0.15, -0.1) is 0 Å². The summed E-state index contributed by atoms with van der Waals surface area (Å²) in [6.07, 6.45) is 1.75. The van der Waals surface area contributed by atoms with Crippen molar-refractivity contribution in [1.29, 1.82) is 0 Å². The highest BCUT2D eigenvalue weighted by Gasteiger charge is 2.35. The second-order valence-corrected chi connectivity index (χ2v) is 8.67. The van der Waals surface area contributed by atoms with Gasteiger partial charge in [0, 0.05) is 13.1 Å². The SMILES string of the molecule is CN(C1CCc2ccccc21)S(=O)(=O)CCC(C)(C)C(=O)O. The Hall–Kier alpha value is -1.40. The molecule has 1 atom stereocenters. The highest BCUT2D eigenvalue weighted by molar-refractivity contribution is 7.89. The topological polar surface area (TPSA) is 74.7 Å². The van der Waals surface area contributed by atoms with Crippen LogP contribution in [0.2, 0.25) is 0 Å². The number of aryl methyl sites for hydroxylation is 1. The third-order valence-electron chi connectivity index (χ3n) is 4.54. The van der Waals surface area contributed by atoms with E-state index in [2.05, 4.69) is 0 Å². The smallest absolute Gasteiger partial charge is 0.309 e. The number of fused-ring (bicyclic) bond motifs is 1. The second kappa shape index (κ2) is 6.01. The third kappa shape index (κ3) is 3.33. The molecule has 0 aromatic heterocycles. The van der Waals surface area contributed by atoms with E-state index in [1.54, 1.807) is 20.9 Å². The van der Waals surface area contributed by atoms with Gasteiger partial charge in [0.2, 0.25) is 10.0 Å². The highest BCUT2D eigenvalue weighted by Crippen LogP contribution is 2.36. The summed E-state index contributed by atoms with van der Waals surface area (Å²) in [5.41, 5.74) is 1.22. The number of nitrogens with zero attached hydrogens (tertiary/aromatic N) is 1. The van der Waals surface area contributed by atoms with Gasteiger partial charge in [-0.2, -0.15) is 4.31 Å². The molecule has 0 aliphatic heterocycles. The number of carbonyl (C=O) groups is 1. The molecule has 1 aliphatic carbocycles. The van der Waals surface area contributed by atoms with E-state index < -0.39 is 21.4 Å². The molecule has 0 saturated carbocycles. The number of hydrogen-bond donors (Lipinski definition) is 1. The lowest BCUT2D eigenvalue weighted by atomic mass is 9.91. The number of benzene rings is 1. The minimum Gasteiger partial charge on any atom is -0.481 e. The Bertz CT molecular complexity index is 666. The molecule has 0 saturated heterocycles. The number of carboxylic acids is 1. The number of aliphatic carboxylic acids is 1. The largest absolute Gasteiger partial charge is 0.481 e. The van der Waals surface area contributed by atoms with Gasteiger partial charge in [-0.3, -0.25) is 4.79 Å². The number of carboxylic acid groups (broad SMARTS) is 1. The predicted molar refractivity (Wildman–Crippen MR) is 85.1 cm³/mol. The van der Waals surface area contributed by atoms with E-state index >= 15 is 0 Å². The van der Waals surface area contributed by atoms with Crippen molar-refractivity contribution < 1.29 is 18.3 Å². The maximum atomic E-state index is 12.5. The zero-order valence-electron chi connectivity index (χ0n) is 13.2. The van der Waals surface area contributed by atoms with E-state index in [1.807, 2.05) is 24.3 Å². The molecule has 2 rings (SSSR count). The molecule has 0 bridgehead atoms. The molecule has 1 aromatic carbocycles. The van der Waals surface area contributed by atoms with Crippen molar-refractivity contribution in [3.8, 4) is 0 Å². The van der Waals surface area contributed by atoms with Crippen molar-refractivity contribution in [2.45, 2.75) is 39.2 Å². The van der Waals surface area contributed by atoms with Crippen molar-refractivity contribution in [3.63, 3.8) is 0 Å². The van der Waals surface area contributed by atoms with E-state index in [-0.39, 0.29) is 18.2 Å². The van der Waals surface area contributed by atoms with Gasteiger partial charge in [-0.25, -0.2) is 8.42 Å². The van der Waals surface area contributed by atoms with Gasteiger partial charge in [-0.05, 0) is 44.2 Å². The fourth-order valence-electron chi connectivity index (χ4n) is 2.74. The molecule has 1 aliphatic rings. The van der Waals surface area contributed by atoms with E-state index in [9.17, 15) is 13.2 Å². The lowest BCUT2D eigenvalue weighted by Crippen LogP contribution is -2.35. The average Bonchev–Trinajstić information content (AvgIpc) is 2.88. The normalized spacial score (nSPS) is 18.5. The molecule has 0 heterocycles. The zero-order chi connectivity index (χ0) is 16.5. The van der Waals surface area contributed by atoms with Gasteiger partial charge in [0.1, 0.15) is 0 Å². The van der Waals surface area contributed by atoms with Crippen LogP contribution in [-0.4, -0.2) is 36.6 Å². The van der Waals surface area contributed by atoms with Crippen molar-refractivity contribution in [1.82, 2.24) is 4.31 Å². The summed E-state index contributed by atoms with van der Waals surface area (Å²) in [5, 5.41) is 9.11. The monoisotopic (exact) mass is 325 g/mol. The van der Waals surface area contributed by atoms with Crippen LogP contribution in [0.5, 0.6) is 0 Å². The van der Waals surface area contributed by atoms with Gasteiger partial charge in [-0.1, -0.05) is 24.3 Å². The summed E-state index contributed by atoms with van der Waals surface area (Å²) in [5.74, 6) is -1.13. The lowest BCUT2D eigenvalue weighted by Gasteiger charge is -2.26. The highest BCUT2D eigenvalue weighted by atomic mass is 32.2. The average molecular weight is 325 g/mol. The van der Waals surface area contributed by atoms with Crippen molar-refractivity contribution >= 4 is 16.0 Å². The number of hydrogen-bond acceptors (Lipinski definition) is 3. The van der Waals surface area contributed by atoms with Crippen LogP contribution in [0.15, 0.2) is 24.3 Å². The van der Waals surface area contributed by atoms with Crippen LogP contribution in [0.4, 0.5) is 0 Å². The maximum absolute atomic E-state index is 12.5. The quantitative estimate of drug-likeness (QED) is 0.871. The molecular weight excluding hydrogens is 302 g/mol. The molecule has 22 heavy (non-hydrogen) atoms. The van der Waals surface area contributed by atoms with Crippen LogP contribution >= 0.6 is 0 Å². The zero-order valence-corrected chi connectivity index (χ0v) is 14.1. The van der Waals surface area contributed by atoms with Crippen LogP contribution in [0.1, 0.15) is 43.9 Å².